The SMILES string of the molecule is C=CCCC(=O)N[C@@H](C)[C@H](OC(=O)[C@H]1[C@@H]2O[C@@]3(CC2Br)[C@@H]1C(=O)N([C@H](C)CO)[C@@H]3C(=O)N(CC=C)c1c(C)cccc1Cl)c1ccccc1. The van der Waals surface area contributed by atoms with E-state index in [2.05, 4.69) is 34.4 Å². The second-order valence-corrected chi connectivity index (χ2v) is 14.6. The number of hydrogen-bond donors (Lipinski definition) is 2. The minimum absolute atomic E-state index is 0.0952. The molecule has 3 saturated heterocycles. The number of aliphatic hydroxyl groups excluding tert-OH is 1. The summed E-state index contributed by atoms with van der Waals surface area (Å²) < 4.78 is 12.9. The monoisotopic (exact) mass is 755 g/mol. The number of anilines is 1. The summed E-state index contributed by atoms with van der Waals surface area (Å²) in [5, 5.41) is 13.6. The molecule has 49 heavy (non-hydrogen) atoms. The Balaban J connectivity index is 1.53. The molecule has 12 heteroatoms. The fourth-order valence-electron chi connectivity index (χ4n) is 7.65. The van der Waals surface area contributed by atoms with Crippen molar-refractivity contribution in [3.8, 4) is 0 Å². The number of benzene rings is 2. The molecule has 2 N–H and O–H groups in total. The second kappa shape index (κ2) is 15.2. The normalized spacial score (nSPS) is 27.2. The molecule has 0 aromatic heterocycles. The Morgan fingerprint density at radius 1 is 1.18 bits per heavy atom. The number of fused-ring (bicyclic) bond motifs is 1. The maximum atomic E-state index is 14.8. The number of hydrogen-bond acceptors (Lipinski definition) is 7. The topological polar surface area (TPSA) is 125 Å². The van der Waals surface area contributed by atoms with Crippen LogP contribution >= 0.6 is 27.5 Å². The summed E-state index contributed by atoms with van der Waals surface area (Å²) >= 11 is 10.3. The molecule has 0 radical (unpaired) electrons. The molecule has 2 aromatic rings. The highest BCUT2D eigenvalue weighted by Gasteiger charge is 2.77. The van der Waals surface area contributed by atoms with Crippen LogP contribution in [0.5, 0.6) is 0 Å². The number of halogens is 2. The van der Waals surface area contributed by atoms with Gasteiger partial charge in [0.15, 0.2) is 0 Å². The summed E-state index contributed by atoms with van der Waals surface area (Å²) in [6, 6.07) is 11.8. The first-order chi connectivity index (χ1) is 23.4. The summed E-state index contributed by atoms with van der Waals surface area (Å²) in [7, 11) is 0. The van der Waals surface area contributed by atoms with Gasteiger partial charge in [0.25, 0.3) is 5.91 Å². The quantitative estimate of drug-likeness (QED) is 0.157. The van der Waals surface area contributed by atoms with E-state index in [-0.39, 0.29) is 30.1 Å². The number of ether oxygens (including phenoxy) is 2. The van der Waals surface area contributed by atoms with Gasteiger partial charge < -0.3 is 29.7 Å². The summed E-state index contributed by atoms with van der Waals surface area (Å²) in [5.41, 5.74) is 0.489. The minimum Gasteiger partial charge on any atom is -0.455 e. The number of rotatable bonds is 14. The number of esters is 1. The van der Waals surface area contributed by atoms with Gasteiger partial charge >= 0.3 is 5.97 Å². The number of nitrogens with zero attached hydrogens (tertiary/aromatic N) is 2. The molecule has 3 amide bonds. The highest BCUT2D eigenvalue weighted by atomic mass is 79.9. The van der Waals surface area contributed by atoms with E-state index >= 15 is 0 Å². The van der Waals surface area contributed by atoms with Gasteiger partial charge in [0.2, 0.25) is 11.8 Å². The second-order valence-electron chi connectivity index (χ2n) is 13.0. The van der Waals surface area contributed by atoms with Crippen molar-refractivity contribution in [1.29, 1.82) is 0 Å². The van der Waals surface area contributed by atoms with E-state index in [4.69, 9.17) is 21.1 Å². The van der Waals surface area contributed by atoms with E-state index in [1.807, 2.05) is 31.2 Å². The molecule has 0 aliphatic carbocycles. The van der Waals surface area contributed by atoms with Gasteiger partial charge in [-0.3, -0.25) is 19.2 Å². The largest absolute Gasteiger partial charge is 0.455 e. The molecule has 10 nitrogen and oxygen atoms in total. The van der Waals surface area contributed by atoms with Gasteiger partial charge in [-0.25, -0.2) is 0 Å². The summed E-state index contributed by atoms with van der Waals surface area (Å²) in [4.78, 5) is 58.9. The maximum Gasteiger partial charge on any atom is 0.313 e. The summed E-state index contributed by atoms with van der Waals surface area (Å²) in [5.74, 6) is -3.95. The van der Waals surface area contributed by atoms with Crippen molar-refractivity contribution in [2.45, 2.75) is 80.8 Å². The first-order valence-electron chi connectivity index (χ1n) is 16.5. The van der Waals surface area contributed by atoms with E-state index in [0.717, 1.165) is 5.56 Å². The van der Waals surface area contributed by atoms with Gasteiger partial charge in [-0.05, 0) is 50.8 Å². The number of alkyl halides is 1. The third-order valence-corrected chi connectivity index (χ3v) is 10.9. The van der Waals surface area contributed by atoms with Crippen LogP contribution < -0.4 is 10.2 Å². The number of para-hydroxylation sites is 1. The minimum atomic E-state index is -1.40. The van der Waals surface area contributed by atoms with Gasteiger partial charge in [-0.15, -0.1) is 13.2 Å². The third-order valence-electron chi connectivity index (χ3n) is 9.80. The molecule has 2 bridgehead atoms. The van der Waals surface area contributed by atoms with Crippen molar-refractivity contribution in [1.82, 2.24) is 10.2 Å². The smallest absolute Gasteiger partial charge is 0.313 e. The Bertz CT molecular complexity index is 1590. The highest BCUT2D eigenvalue weighted by Crippen LogP contribution is 2.61. The maximum absolute atomic E-state index is 14.8. The lowest BCUT2D eigenvalue weighted by Gasteiger charge is -2.39. The number of likely N-dealkylation sites (tertiary alicyclic amines) is 1. The molecular formula is C37H43BrClN3O7. The van der Waals surface area contributed by atoms with Crippen molar-refractivity contribution < 1.29 is 33.8 Å². The molecule has 3 aliphatic heterocycles. The Labute approximate surface area is 300 Å². The number of aryl methyl sites for hydroxylation is 1. The Morgan fingerprint density at radius 3 is 2.53 bits per heavy atom. The van der Waals surface area contributed by atoms with Crippen LogP contribution in [0.3, 0.4) is 0 Å². The van der Waals surface area contributed by atoms with Gasteiger partial charge in [0.05, 0.1) is 47.3 Å². The van der Waals surface area contributed by atoms with E-state index in [9.17, 15) is 24.3 Å². The zero-order chi connectivity index (χ0) is 35.6. The lowest BCUT2D eigenvalue weighted by molar-refractivity contribution is -0.162. The molecule has 0 saturated carbocycles. The van der Waals surface area contributed by atoms with Gasteiger partial charge in [0, 0.05) is 17.8 Å². The van der Waals surface area contributed by atoms with Crippen LogP contribution in [0, 0.1) is 18.8 Å². The number of amides is 3. The molecule has 5 rings (SSSR count). The Kier molecular flexibility index (Phi) is 11.4. The molecule has 262 valence electrons. The molecular weight excluding hydrogens is 714 g/mol. The lowest BCUT2D eigenvalue weighted by atomic mass is 9.70. The van der Waals surface area contributed by atoms with Crippen molar-refractivity contribution in [3.63, 3.8) is 0 Å². The van der Waals surface area contributed by atoms with Crippen LogP contribution in [0.2, 0.25) is 5.02 Å². The van der Waals surface area contributed by atoms with Crippen LogP contribution in [0.4, 0.5) is 5.69 Å². The molecule has 9 atom stereocenters. The Morgan fingerprint density at radius 2 is 1.90 bits per heavy atom. The predicted octanol–water partition coefficient (Wildman–Crippen LogP) is 5.05. The van der Waals surface area contributed by atoms with Crippen molar-refractivity contribution in [3.05, 3.63) is 90.0 Å². The van der Waals surface area contributed by atoms with E-state index in [1.165, 1.54) is 9.80 Å². The number of carbonyl (C=O) groups is 4. The number of carbonyl (C=O) groups excluding carboxylic acids is 4. The van der Waals surface area contributed by atoms with Crippen LogP contribution in [-0.4, -0.2) is 81.5 Å². The van der Waals surface area contributed by atoms with Crippen molar-refractivity contribution in [2.24, 2.45) is 11.8 Å². The predicted molar refractivity (Wildman–Crippen MR) is 190 cm³/mol. The third kappa shape index (κ3) is 6.70. The molecule has 3 heterocycles. The standard InChI is InChI=1S/C37H43BrClN3O7/c1-6-8-17-27(44)40-23(5)31(24-14-10-9-11-15-24)48-36(47)28-29-34(45)42(22(4)20-43)33(37(29)19-25(38)32(28)49-37)35(46)41(18-7-2)30-21(3)13-12-16-26(30)39/h6-7,9-16,22-23,25,28-29,31-33,43H,1-2,8,17-20H2,3-5H3,(H,40,44)/t22-,23+,25?,28-,29+,31+,32-,33-,37+/m1/s1. The number of nitrogens with one attached hydrogen (secondary N) is 1. The molecule has 3 fully saturated rings. The zero-order valence-corrected chi connectivity index (χ0v) is 30.2. The summed E-state index contributed by atoms with van der Waals surface area (Å²) in [6.07, 6.45) is 2.58. The molecule has 1 spiro atoms. The van der Waals surface area contributed by atoms with E-state index in [1.54, 1.807) is 50.3 Å². The molecule has 3 aliphatic rings. The Hall–Kier alpha value is -3.51. The van der Waals surface area contributed by atoms with Crippen molar-refractivity contribution >= 4 is 56.9 Å². The van der Waals surface area contributed by atoms with Gasteiger partial charge in [-0.1, -0.05) is 82.1 Å². The van der Waals surface area contributed by atoms with Crippen LogP contribution in [-0.2, 0) is 28.7 Å². The average molecular weight is 757 g/mol. The average Bonchev–Trinajstić information content (AvgIpc) is 3.68. The highest BCUT2D eigenvalue weighted by molar-refractivity contribution is 9.09. The lowest BCUT2D eigenvalue weighted by Crippen LogP contribution is -2.59. The van der Waals surface area contributed by atoms with Crippen LogP contribution in [0.15, 0.2) is 73.8 Å². The first-order valence-corrected chi connectivity index (χ1v) is 17.8. The van der Waals surface area contributed by atoms with Crippen molar-refractivity contribution in [2.75, 3.05) is 18.1 Å². The molecule has 2 aromatic carbocycles. The fourth-order valence-corrected chi connectivity index (χ4v) is 8.92. The van der Waals surface area contributed by atoms with E-state index < -0.39 is 72.2 Å². The number of allylic oxidation sites excluding steroid dienone is 1. The van der Waals surface area contributed by atoms with Gasteiger partial charge in [-0.2, -0.15) is 0 Å². The number of aliphatic hydroxyl groups is 1. The van der Waals surface area contributed by atoms with Gasteiger partial charge in [0.1, 0.15) is 17.7 Å². The zero-order valence-electron chi connectivity index (χ0n) is 27.9. The molecule has 1 unspecified atom stereocenters. The fraction of sp³-hybridized carbons (Fsp3) is 0.459. The first kappa shape index (κ1) is 36.8. The van der Waals surface area contributed by atoms with Crippen LogP contribution in [0.25, 0.3) is 0 Å². The summed E-state index contributed by atoms with van der Waals surface area (Å²) in [6.45, 7) is 12.4. The van der Waals surface area contributed by atoms with E-state index in [0.29, 0.717) is 22.7 Å². The van der Waals surface area contributed by atoms with Crippen LogP contribution in [0.1, 0.15) is 50.3 Å².